The molecule has 19 heavy (non-hydrogen) atoms. The van der Waals surface area contributed by atoms with Crippen molar-refractivity contribution in [2.75, 3.05) is 20.7 Å². The van der Waals surface area contributed by atoms with Crippen molar-refractivity contribution in [1.82, 2.24) is 10.2 Å². The Morgan fingerprint density at radius 1 is 1.47 bits per heavy atom. The van der Waals surface area contributed by atoms with Gasteiger partial charge >= 0.3 is 5.97 Å². The number of rotatable bonds is 6. The summed E-state index contributed by atoms with van der Waals surface area (Å²) in [6.45, 7) is 4.65. The maximum Gasteiger partial charge on any atom is 0.326 e. The predicted molar refractivity (Wildman–Crippen MR) is 76.0 cm³/mol. The molecule has 0 aromatic carbocycles. The quantitative estimate of drug-likeness (QED) is 0.746. The number of carbonyl (C=O) groups excluding carboxylic acids is 1. The highest BCUT2D eigenvalue weighted by molar-refractivity contribution is 5.81. The normalized spacial score (nSPS) is 32.6. The van der Waals surface area contributed by atoms with E-state index in [1.807, 2.05) is 14.0 Å². The van der Waals surface area contributed by atoms with Crippen LogP contribution in [0.1, 0.15) is 46.0 Å². The van der Waals surface area contributed by atoms with Gasteiger partial charge in [0.05, 0.1) is 6.61 Å². The van der Waals surface area contributed by atoms with Crippen LogP contribution in [0, 0.1) is 5.92 Å². The summed E-state index contributed by atoms with van der Waals surface area (Å²) in [5.41, 5.74) is -0.460. The summed E-state index contributed by atoms with van der Waals surface area (Å²) in [6.07, 6.45) is 5.57. The van der Waals surface area contributed by atoms with Crippen molar-refractivity contribution in [2.24, 2.45) is 5.92 Å². The van der Waals surface area contributed by atoms with Gasteiger partial charge in [-0.3, -0.25) is 4.79 Å². The lowest BCUT2D eigenvalue weighted by Crippen LogP contribution is -2.51. The minimum Gasteiger partial charge on any atom is -0.465 e. The lowest BCUT2D eigenvalue weighted by molar-refractivity contribution is -0.151. The molecule has 0 radical (unpaired) electrons. The van der Waals surface area contributed by atoms with E-state index in [1.165, 1.54) is 12.8 Å². The Kier molecular flexibility index (Phi) is 4.51. The zero-order valence-electron chi connectivity index (χ0n) is 12.7. The topological polar surface area (TPSA) is 41.6 Å². The predicted octanol–water partition coefficient (Wildman–Crippen LogP) is 1.79. The molecule has 0 aromatic heterocycles. The summed E-state index contributed by atoms with van der Waals surface area (Å²) in [7, 11) is 4.09. The molecule has 3 unspecified atom stereocenters. The number of carbonyl (C=O) groups is 1. The third kappa shape index (κ3) is 2.95. The van der Waals surface area contributed by atoms with Crippen LogP contribution >= 0.6 is 0 Å². The van der Waals surface area contributed by atoms with Gasteiger partial charge in [0.2, 0.25) is 0 Å². The third-order valence-corrected chi connectivity index (χ3v) is 5.16. The van der Waals surface area contributed by atoms with Crippen LogP contribution in [0.2, 0.25) is 0 Å². The van der Waals surface area contributed by atoms with E-state index in [0.717, 1.165) is 25.2 Å². The zero-order valence-corrected chi connectivity index (χ0v) is 12.7. The van der Waals surface area contributed by atoms with Gasteiger partial charge in [0, 0.05) is 12.1 Å². The highest BCUT2D eigenvalue weighted by atomic mass is 16.5. The van der Waals surface area contributed by atoms with Gasteiger partial charge in [0.25, 0.3) is 0 Å². The number of hydrogen-bond donors (Lipinski definition) is 1. The molecule has 4 heteroatoms. The SMILES string of the molecule is CCOC(=O)C1(NC)CCC(N(C)C(C)C2CC2)C1. The van der Waals surface area contributed by atoms with Crippen LogP contribution in [0.25, 0.3) is 0 Å². The fraction of sp³-hybridized carbons (Fsp3) is 0.933. The van der Waals surface area contributed by atoms with Gasteiger partial charge < -0.3 is 15.0 Å². The van der Waals surface area contributed by atoms with Crippen molar-refractivity contribution < 1.29 is 9.53 Å². The standard InChI is InChI=1S/C15H28N2O2/c1-5-19-14(18)15(16-3)9-8-13(10-15)17(4)11(2)12-6-7-12/h11-13,16H,5-10H2,1-4H3. The molecule has 2 aliphatic rings. The molecule has 2 fully saturated rings. The molecule has 0 spiro atoms. The largest absolute Gasteiger partial charge is 0.465 e. The van der Waals surface area contributed by atoms with E-state index < -0.39 is 5.54 Å². The van der Waals surface area contributed by atoms with E-state index in [2.05, 4.69) is 24.2 Å². The monoisotopic (exact) mass is 268 g/mol. The Bertz CT molecular complexity index is 330. The van der Waals surface area contributed by atoms with Gasteiger partial charge in [-0.05, 0) is 66.0 Å². The molecule has 0 saturated heterocycles. The average Bonchev–Trinajstić information content (AvgIpc) is 3.16. The molecular weight excluding hydrogens is 240 g/mol. The maximum absolute atomic E-state index is 12.2. The summed E-state index contributed by atoms with van der Waals surface area (Å²) in [5.74, 6) is 0.796. The highest BCUT2D eigenvalue weighted by Crippen LogP contribution is 2.39. The van der Waals surface area contributed by atoms with Gasteiger partial charge in [0.1, 0.15) is 5.54 Å². The molecule has 0 bridgehead atoms. The molecule has 0 aliphatic heterocycles. The van der Waals surface area contributed by atoms with E-state index >= 15 is 0 Å². The summed E-state index contributed by atoms with van der Waals surface area (Å²) in [6, 6.07) is 1.13. The molecule has 2 aliphatic carbocycles. The molecule has 3 atom stereocenters. The number of nitrogens with zero attached hydrogens (tertiary/aromatic N) is 1. The van der Waals surface area contributed by atoms with Crippen molar-refractivity contribution in [2.45, 2.75) is 63.6 Å². The Morgan fingerprint density at radius 2 is 2.16 bits per heavy atom. The van der Waals surface area contributed by atoms with E-state index in [9.17, 15) is 4.79 Å². The molecular formula is C15H28N2O2. The van der Waals surface area contributed by atoms with Crippen molar-refractivity contribution >= 4 is 5.97 Å². The van der Waals surface area contributed by atoms with Gasteiger partial charge in [-0.2, -0.15) is 0 Å². The van der Waals surface area contributed by atoms with Crippen LogP contribution in [-0.2, 0) is 9.53 Å². The molecule has 4 nitrogen and oxygen atoms in total. The van der Waals surface area contributed by atoms with Gasteiger partial charge in [-0.25, -0.2) is 0 Å². The lowest BCUT2D eigenvalue weighted by atomic mass is 9.97. The van der Waals surface area contributed by atoms with Crippen molar-refractivity contribution in [3.8, 4) is 0 Å². The third-order valence-electron chi connectivity index (χ3n) is 5.16. The van der Waals surface area contributed by atoms with Gasteiger partial charge in [-0.1, -0.05) is 0 Å². The second-order valence-corrected chi connectivity index (χ2v) is 6.19. The molecule has 0 amide bonds. The van der Waals surface area contributed by atoms with Crippen LogP contribution < -0.4 is 5.32 Å². The molecule has 0 heterocycles. The second kappa shape index (κ2) is 5.80. The summed E-state index contributed by atoms with van der Waals surface area (Å²) >= 11 is 0. The van der Waals surface area contributed by atoms with E-state index in [0.29, 0.717) is 18.7 Å². The number of ether oxygens (including phenoxy) is 1. The number of nitrogens with one attached hydrogen (secondary N) is 1. The fourth-order valence-electron chi connectivity index (χ4n) is 3.39. The van der Waals surface area contributed by atoms with Gasteiger partial charge in [0.15, 0.2) is 0 Å². The van der Waals surface area contributed by atoms with Crippen molar-refractivity contribution in [3.05, 3.63) is 0 Å². The molecule has 110 valence electrons. The molecule has 2 rings (SSSR count). The first kappa shape index (κ1) is 14.8. The van der Waals surface area contributed by atoms with Crippen LogP contribution in [-0.4, -0.2) is 49.2 Å². The van der Waals surface area contributed by atoms with Gasteiger partial charge in [-0.15, -0.1) is 0 Å². The van der Waals surface area contributed by atoms with Crippen LogP contribution in [0.4, 0.5) is 0 Å². The number of likely N-dealkylation sites (N-methyl/N-ethyl adjacent to an activating group) is 1. The van der Waals surface area contributed by atoms with E-state index in [4.69, 9.17) is 4.74 Å². The van der Waals surface area contributed by atoms with Crippen molar-refractivity contribution in [3.63, 3.8) is 0 Å². The Hall–Kier alpha value is -0.610. The molecule has 1 N–H and O–H groups in total. The first-order valence-electron chi connectivity index (χ1n) is 7.62. The highest BCUT2D eigenvalue weighted by Gasteiger charge is 2.47. The maximum atomic E-state index is 12.2. The second-order valence-electron chi connectivity index (χ2n) is 6.19. The fourth-order valence-corrected chi connectivity index (χ4v) is 3.39. The minimum atomic E-state index is -0.460. The lowest BCUT2D eigenvalue weighted by Gasteiger charge is -2.32. The Morgan fingerprint density at radius 3 is 2.68 bits per heavy atom. The number of hydrogen-bond acceptors (Lipinski definition) is 4. The summed E-state index contributed by atoms with van der Waals surface area (Å²) in [4.78, 5) is 14.7. The average molecular weight is 268 g/mol. The molecule has 0 aromatic rings. The Labute approximate surface area is 116 Å². The first-order valence-corrected chi connectivity index (χ1v) is 7.62. The van der Waals surface area contributed by atoms with E-state index in [-0.39, 0.29) is 5.97 Å². The molecule has 2 saturated carbocycles. The Balaban J connectivity index is 1.98. The van der Waals surface area contributed by atoms with Crippen molar-refractivity contribution in [1.29, 1.82) is 0 Å². The summed E-state index contributed by atoms with van der Waals surface area (Å²) < 4.78 is 5.25. The van der Waals surface area contributed by atoms with E-state index in [1.54, 1.807) is 0 Å². The van der Waals surface area contributed by atoms with Crippen LogP contribution in [0.3, 0.4) is 0 Å². The number of esters is 1. The minimum absolute atomic E-state index is 0.0764. The summed E-state index contributed by atoms with van der Waals surface area (Å²) in [5, 5.41) is 3.23. The van der Waals surface area contributed by atoms with Crippen LogP contribution in [0.5, 0.6) is 0 Å². The first-order chi connectivity index (χ1) is 9.04. The zero-order chi connectivity index (χ0) is 14.0. The smallest absolute Gasteiger partial charge is 0.326 e. The van der Waals surface area contributed by atoms with Crippen LogP contribution in [0.15, 0.2) is 0 Å².